The maximum Gasteiger partial charge on any atom is 0.264 e. The minimum Gasteiger partial charge on any atom is -0.352 e. The van der Waals surface area contributed by atoms with Gasteiger partial charge in [0.25, 0.3) is 10.0 Å². The minimum absolute atomic E-state index is 0.0200. The highest BCUT2D eigenvalue weighted by molar-refractivity contribution is 7.92. The van der Waals surface area contributed by atoms with E-state index in [1.807, 2.05) is 13.8 Å². The molecular weight excluding hydrogens is 593 g/mol. The van der Waals surface area contributed by atoms with Gasteiger partial charge in [0.2, 0.25) is 11.8 Å². The van der Waals surface area contributed by atoms with Crippen LogP contribution < -0.4 is 9.62 Å². The number of hydrogen-bond donors (Lipinski definition) is 1. The molecular formula is C29H32Cl3N3O4S. The van der Waals surface area contributed by atoms with Gasteiger partial charge in [0, 0.05) is 27.7 Å². The maximum atomic E-state index is 14.1. The van der Waals surface area contributed by atoms with Crippen LogP contribution in [0.3, 0.4) is 0 Å². The predicted octanol–water partition coefficient (Wildman–Crippen LogP) is 6.56. The molecule has 1 N–H and O–H groups in total. The fourth-order valence-electron chi connectivity index (χ4n) is 4.05. The molecule has 2 atom stereocenters. The lowest BCUT2D eigenvalue weighted by Crippen LogP contribution is -2.53. The summed E-state index contributed by atoms with van der Waals surface area (Å²) < 4.78 is 28.6. The van der Waals surface area contributed by atoms with Crippen molar-refractivity contribution in [3.05, 3.63) is 93.4 Å². The van der Waals surface area contributed by atoms with Gasteiger partial charge in [-0.3, -0.25) is 13.9 Å². The van der Waals surface area contributed by atoms with E-state index in [0.29, 0.717) is 33.5 Å². The molecule has 0 saturated carbocycles. The van der Waals surface area contributed by atoms with E-state index in [9.17, 15) is 18.0 Å². The molecule has 214 valence electrons. The number of amides is 2. The Kier molecular flexibility index (Phi) is 11.3. The smallest absolute Gasteiger partial charge is 0.264 e. The first-order chi connectivity index (χ1) is 19.0. The van der Waals surface area contributed by atoms with Crippen LogP contribution in [0.4, 0.5) is 5.69 Å². The van der Waals surface area contributed by atoms with Gasteiger partial charge < -0.3 is 10.2 Å². The standard InChI is InChI=1S/C29H32Cl3N3O4S/c1-4-20(3)33-29(37)27(5-2)34(18-21-11-12-23(31)17-26(21)32)28(36)19-35(24-15-13-22(30)14-16-24)40(38,39)25-9-7-6-8-10-25/h6-17,20,27H,4-5,18-19H2,1-3H3,(H,33,37)/t20-,27-/m1/s1. The van der Waals surface area contributed by atoms with Gasteiger partial charge in [-0.1, -0.05) is 72.9 Å². The van der Waals surface area contributed by atoms with Crippen LogP contribution in [0.15, 0.2) is 77.7 Å². The zero-order chi connectivity index (χ0) is 29.4. The van der Waals surface area contributed by atoms with Crippen LogP contribution in [0.2, 0.25) is 15.1 Å². The van der Waals surface area contributed by atoms with E-state index in [0.717, 1.165) is 4.31 Å². The topological polar surface area (TPSA) is 86.8 Å². The summed E-state index contributed by atoms with van der Waals surface area (Å²) in [4.78, 5) is 28.8. The van der Waals surface area contributed by atoms with Crippen molar-refractivity contribution in [3.8, 4) is 0 Å². The highest BCUT2D eigenvalue weighted by atomic mass is 35.5. The Balaban J connectivity index is 2.07. The minimum atomic E-state index is -4.16. The Hall–Kier alpha value is -2.78. The number of carbonyl (C=O) groups is 2. The van der Waals surface area contributed by atoms with Crippen molar-refractivity contribution >= 4 is 62.3 Å². The number of sulfonamides is 1. The van der Waals surface area contributed by atoms with Crippen molar-refractivity contribution < 1.29 is 18.0 Å². The quantitative estimate of drug-likeness (QED) is 0.247. The van der Waals surface area contributed by atoms with Gasteiger partial charge in [0.05, 0.1) is 10.6 Å². The highest BCUT2D eigenvalue weighted by Crippen LogP contribution is 2.27. The van der Waals surface area contributed by atoms with Crippen molar-refractivity contribution in [2.24, 2.45) is 0 Å². The van der Waals surface area contributed by atoms with Gasteiger partial charge in [-0.2, -0.15) is 0 Å². The molecule has 0 unspecified atom stereocenters. The number of hydrogen-bond acceptors (Lipinski definition) is 4. The molecule has 0 spiro atoms. The molecule has 11 heteroatoms. The Morgan fingerprint density at radius 1 is 0.875 bits per heavy atom. The Bertz CT molecular complexity index is 1420. The van der Waals surface area contributed by atoms with E-state index in [1.165, 1.54) is 29.2 Å². The van der Waals surface area contributed by atoms with Gasteiger partial charge >= 0.3 is 0 Å². The van der Waals surface area contributed by atoms with E-state index in [4.69, 9.17) is 34.8 Å². The molecule has 0 fully saturated rings. The number of halogens is 3. The second-order valence-corrected chi connectivity index (χ2v) is 12.4. The van der Waals surface area contributed by atoms with Crippen LogP contribution in [0, 0.1) is 0 Å². The maximum absolute atomic E-state index is 14.1. The average Bonchev–Trinajstić information content (AvgIpc) is 2.93. The lowest BCUT2D eigenvalue weighted by Gasteiger charge is -2.34. The molecule has 0 heterocycles. The summed E-state index contributed by atoms with van der Waals surface area (Å²) in [5.41, 5.74) is 0.821. The first-order valence-electron chi connectivity index (χ1n) is 12.8. The number of rotatable bonds is 12. The van der Waals surface area contributed by atoms with Crippen molar-refractivity contribution in [3.63, 3.8) is 0 Å². The van der Waals surface area contributed by atoms with Crippen LogP contribution in [0.1, 0.15) is 39.2 Å². The number of nitrogens with one attached hydrogen (secondary N) is 1. The second kappa shape index (κ2) is 14.2. The molecule has 0 aliphatic rings. The Morgan fingerprint density at radius 3 is 2.08 bits per heavy atom. The summed E-state index contributed by atoms with van der Waals surface area (Å²) in [5.74, 6) is -0.911. The summed E-state index contributed by atoms with van der Waals surface area (Å²) in [6, 6.07) is 17.9. The van der Waals surface area contributed by atoms with Crippen LogP contribution >= 0.6 is 34.8 Å². The average molecular weight is 625 g/mol. The normalized spacial score (nSPS) is 12.8. The van der Waals surface area contributed by atoms with Gasteiger partial charge in [0.15, 0.2) is 0 Å². The first-order valence-corrected chi connectivity index (χ1v) is 15.4. The number of benzene rings is 3. The number of nitrogens with zero attached hydrogens (tertiary/aromatic N) is 2. The molecule has 3 aromatic carbocycles. The van der Waals surface area contributed by atoms with Crippen molar-refractivity contribution in [1.82, 2.24) is 10.2 Å². The van der Waals surface area contributed by atoms with Crippen molar-refractivity contribution in [1.29, 1.82) is 0 Å². The SMILES string of the molecule is CC[C@@H](C)NC(=O)[C@@H](CC)N(Cc1ccc(Cl)cc1Cl)C(=O)CN(c1ccc(Cl)cc1)S(=O)(=O)c1ccccc1. The van der Waals surface area contributed by atoms with E-state index >= 15 is 0 Å². The Labute approximate surface area is 251 Å². The molecule has 40 heavy (non-hydrogen) atoms. The largest absolute Gasteiger partial charge is 0.352 e. The van der Waals surface area contributed by atoms with Crippen LogP contribution in [0.5, 0.6) is 0 Å². The van der Waals surface area contributed by atoms with Crippen molar-refractivity contribution in [2.75, 3.05) is 10.8 Å². The van der Waals surface area contributed by atoms with Gasteiger partial charge in [-0.05, 0) is 73.9 Å². The Morgan fingerprint density at radius 2 is 1.50 bits per heavy atom. The van der Waals surface area contributed by atoms with Crippen LogP contribution in [-0.4, -0.2) is 43.8 Å². The van der Waals surface area contributed by atoms with E-state index in [1.54, 1.807) is 55.5 Å². The molecule has 0 aromatic heterocycles. The van der Waals surface area contributed by atoms with Crippen LogP contribution in [-0.2, 0) is 26.2 Å². The summed E-state index contributed by atoms with van der Waals surface area (Å²) in [6.45, 7) is 5.03. The lowest BCUT2D eigenvalue weighted by atomic mass is 10.1. The molecule has 0 aliphatic heterocycles. The summed E-state index contributed by atoms with van der Waals surface area (Å²) in [7, 11) is -4.16. The van der Waals surface area contributed by atoms with E-state index in [2.05, 4.69) is 5.32 Å². The number of anilines is 1. The third kappa shape index (κ3) is 7.91. The predicted molar refractivity (Wildman–Crippen MR) is 161 cm³/mol. The summed E-state index contributed by atoms with van der Waals surface area (Å²) >= 11 is 18.6. The molecule has 0 radical (unpaired) electrons. The number of carbonyl (C=O) groups excluding carboxylic acids is 2. The highest BCUT2D eigenvalue weighted by Gasteiger charge is 2.34. The van der Waals surface area contributed by atoms with Crippen LogP contribution in [0.25, 0.3) is 0 Å². The summed E-state index contributed by atoms with van der Waals surface area (Å²) in [6.07, 6.45) is 1.00. The molecule has 0 bridgehead atoms. The van der Waals surface area contributed by atoms with Crippen molar-refractivity contribution in [2.45, 2.75) is 57.1 Å². The van der Waals surface area contributed by atoms with Gasteiger partial charge in [0.1, 0.15) is 12.6 Å². The third-order valence-corrected chi connectivity index (χ3v) is 9.09. The molecule has 3 rings (SSSR count). The molecule has 2 amide bonds. The summed E-state index contributed by atoms with van der Waals surface area (Å²) in [5, 5.41) is 4.11. The first kappa shape index (κ1) is 31.7. The molecule has 7 nitrogen and oxygen atoms in total. The monoisotopic (exact) mass is 623 g/mol. The van der Waals surface area contributed by atoms with Gasteiger partial charge in [-0.25, -0.2) is 8.42 Å². The fraction of sp³-hybridized carbons (Fsp3) is 0.310. The zero-order valence-electron chi connectivity index (χ0n) is 22.5. The van der Waals surface area contributed by atoms with E-state index in [-0.39, 0.29) is 29.1 Å². The fourth-order valence-corrected chi connectivity index (χ4v) is 6.08. The molecule has 0 aliphatic carbocycles. The molecule has 0 saturated heterocycles. The third-order valence-electron chi connectivity index (χ3n) is 6.47. The molecule has 3 aromatic rings. The van der Waals surface area contributed by atoms with Gasteiger partial charge in [-0.15, -0.1) is 0 Å². The van der Waals surface area contributed by atoms with E-state index < -0.39 is 28.5 Å². The zero-order valence-corrected chi connectivity index (χ0v) is 25.6. The lowest BCUT2D eigenvalue weighted by molar-refractivity contribution is -0.140. The second-order valence-electron chi connectivity index (χ2n) is 9.30.